The number of nitrogens with zero attached hydrogens (tertiary/aromatic N) is 3. The van der Waals surface area contributed by atoms with Gasteiger partial charge < -0.3 is 5.11 Å². The summed E-state index contributed by atoms with van der Waals surface area (Å²) in [6, 6.07) is 11.0. The summed E-state index contributed by atoms with van der Waals surface area (Å²) in [5.41, 5.74) is 7.56. The Bertz CT molecular complexity index is 1310. The Morgan fingerprint density at radius 3 is 2.43 bits per heavy atom. The average molecular weight is 498 g/mol. The van der Waals surface area contributed by atoms with Crippen molar-refractivity contribution in [3.63, 3.8) is 0 Å². The van der Waals surface area contributed by atoms with E-state index in [1.807, 2.05) is 44.2 Å². The topological polar surface area (TPSA) is 123 Å². The van der Waals surface area contributed by atoms with Crippen molar-refractivity contribution in [2.45, 2.75) is 58.4 Å². The Balaban J connectivity index is 1.47. The summed E-state index contributed by atoms with van der Waals surface area (Å²) in [4.78, 5) is 13.0. The van der Waals surface area contributed by atoms with Gasteiger partial charge in [-0.25, -0.2) is 13.1 Å². The highest BCUT2D eigenvalue weighted by atomic mass is 32.2. The van der Waals surface area contributed by atoms with Crippen LogP contribution in [0.25, 0.3) is 0 Å². The third-order valence-corrected chi connectivity index (χ3v) is 7.39. The van der Waals surface area contributed by atoms with Crippen LogP contribution in [0.2, 0.25) is 0 Å². The third-order valence-electron chi connectivity index (χ3n) is 6.63. The van der Waals surface area contributed by atoms with Gasteiger partial charge >= 0.3 is 5.91 Å². The molecule has 1 aliphatic carbocycles. The fraction of sp³-hybridized carbons (Fsp3) is 0.400. The second-order valence-corrected chi connectivity index (χ2v) is 11.1. The molecule has 1 saturated carbocycles. The number of benzene rings is 2. The number of phenolic OH excluding ortho intramolecular Hbond substituents is 1. The molecule has 0 unspecified atom stereocenters. The number of sulfonamides is 1. The lowest BCUT2D eigenvalue weighted by Gasteiger charge is -2.29. The van der Waals surface area contributed by atoms with E-state index < -0.39 is 10.0 Å². The molecule has 3 N–H and O–H groups in total. The van der Waals surface area contributed by atoms with Gasteiger partial charge in [-0.15, -0.1) is 0 Å². The molecule has 2 aliphatic rings. The first kappa shape index (κ1) is 24.9. The van der Waals surface area contributed by atoms with Crippen LogP contribution < -0.4 is 15.2 Å². The molecule has 0 atom stereocenters. The van der Waals surface area contributed by atoms with Crippen molar-refractivity contribution in [1.29, 1.82) is 0 Å². The van der Waals surface area contributed by atoms with Gasteiger partial charge in [-0.2, -0.15) is 15.2 Å². The minimum Gasteiger partial charge on any atom is -0.505 e. The summed E-state index contributed by atoms with van der Waals surface area (Å²) in [7, 11) is -3.24. The Kier molecular flexibility index (Phi) is 6.95. The van der Waals surface area contributed by atoms with E-state index in [1.165, 1.54) is 11.3 Å². The van der Waals surface area contributed by atoms with Gasteiger partial charge in [0.2, 0.25) is 10.0 Å². The number of hydrazone groups is 2. The first-order valence-electron chi connectivity index (χ1n) is 11.6. The molecule has 0 radical (unpaired) electrons. The van der Waals surface area contributed by atoms with E-state index in [0.29, 0.717) is 29.9 Å². The molecule has 1 heterocycles. The molecule has 4 rings (SSSR count). The van der Waals surface area contributed by atoms with E-state index in [0.717, 1.165) is 29.5 Å². The number of amides is 1. The first-order chi connectivity index (χ1) is 16.5. The van der Waals surface area contributed by atoms with Gasteiger partial charge in [0, 0.05) is 6.04 Å². The molecule has 1 amide bonds. The minimum absolute atomic E-state index is 0.0768. The van der Waals surface area contributed by atoms with Crippen LogP contribution in [0.15, 0.2) is 46.6 Å². The van der Waals surface area contributed by atoms with Gasteiger partial charge in [-0.3, -0.25) is 10.2 Å². The number of carbonyl (C=O) groups excluding carboxylic acids is 1. The van der Waals surface area contributed by atoms with Gasteiger partial charge in [-0.05, 0) is 87.3 Å². The zero-order chi connectivity index (χ0) is 25.3. The van der Waals surface area contributed by atoms with Crippen LogP contribution in [-0.4, -0.2) is 43.2 Å². The standard InChI is InChI=1S/C25H31N5O4S/c1-15-8-13-20(14-16(15)2)30-25(32)23(17(3)28-30)27-26-22-7-5-6-21(24(22)31)18-9-11-19(12-10-18)29-35(4,33)34/h5-8,13-14,18-19,26,29,31H,9-12H2,1-4H3/b27-23-. The largest absolute Gasteiger partial charge is 0.505 e. The van der Waals surface area contributed by atoms with E-state index in [4.69, 9.17) is 0 Å². The Morgan fingerprint density at radius 2 is 1.77 bits per heavy atom. The summed E-state index contributed by atoms with van der Waals surface area (Å²) in [5, 5.41) is 20.9. The second-order valence-electron chi connectivity index (χ2n) is 9.33. The molecule has 2 aromatic rings. The molecule has 9 nitrogen and oxygen atoms in total. The van der Waals surface area contributed by atoms with Crippen molar-refractivity contribution in [1.82, 2.24) is 4.72 Å². The van der Waals surface area contributed by atoms with Crippen LogP contribution in [-0.2, 0) is 14.8 Å². The van der Waals surface area contributed by atoms with Crippen LogP contribution in [0.5, 0.6) is 5.75 Å². The number of anilines is 2. The summed E-state index contributed by atoms with van der Waals surface area (Å²) in [6.07, 6.45) is 4.09. The van der Waals surface area contributed by atoms with Crippen LogP contribution in [0, 0.1) is 13.8 Å². The van der Waals surface area contributed by atoms with Gasteiger partial charge in [0.15, 0.2) is 5.71 Å². The Morgan fingerprint density at radius 1 is 1.06 bits per heavy atom. The van der Waals surface area contributed by atoms with Crippen molar-refractivity contribution < 1.29 is 18.3 Å². The zero-order valence-corrected chi connectivity index (χ0v) is 21.2. The van der Waals surface area contributed by atoms with Gasteiger partial charge in [0.05, 0.1) is 23.3 Å². The Hall–Kier alpha value is -3.24. The van der Waals surface area contributed by atoms with Gasteiger partial charge in [-0.1, -0.05) is 18.2 Å². The van der Waals surface area contributed by atoms with E-state index in [1.54, 1.807) is 13.0 Å². The number of para-hydroxylation sites is 1. The lowest BCUT2D eigenvalue weighted by atomic mass is 9.81. The number of carbonyl (C=O) groups is 1. The van der Waals surface area contributed by atoms with Crippen LogP contribution in [0.1, 0.15) is 55.2 Å². The van der Waals surface area contributed by atoms with E-state index in [9.17, 15) is 18.3 Å². The molecular formula is C25H31N5O4S. The summed E-state index contributed by atoms with van der Waals surface area (Å²) >= 11 is 0. The zero-order valence-electron chi connectivity index (χ0n) is 20.4. The van der Waals surface area contributed by atoms with Crippen molar-refractivity contribution >= 4 is 38.7 Å². The molecule has 0 spiro atoms. The second kappa shape index (κ2) is 9.79. The molecule has 10 heteroatoms. The lowest BCUT2D eigenvalue weighted by Crippen LogP contribution is -2.36. The minimum atomic E-state index is -3.24. The molecule has 0 saturated heterocycles. The van der Waals surface area contributed by atoms with Crippen LogP contribution in [0.3, 0.4) is 0 Å². The summed E-state index contributed by atoms with van der Waals surface area (Å²) < 4.78 is 25.7. The highest BCUT2D eigenvalue weighted by Gasteiger charge is 2.31. The fourth-order valence-electron chi connectivity index (χ4n) is 4.58. The number of hydrogen-bond donors (Lipinski definition) is 3. The quantitative estimate of drug-likeness (QED) is 0.414. The maximum Gasteiger partial charge on any atom is 0.301 e. The SMILES string of the molecule is CC1=NN(c2ccc(C)c(C)c2)C(=O)/C1=N\Nc1cccc(C2CCC(NS(C)(=O)=O)CC2)c1O. The van der Waals surface area contributed by atoms with Crippen molar-refractivity contribution in [3.8, 4) is 5.75 Å². The number of nitrogens with one attached hydrogen (secondary N) is 2. The normalized spacial score (nSPS) is 21.9. The third kappa shape index (κ3) is 5.54. The summed E-state index contributed by atoms with van der Waals surface area (Å²) in [5.74, 6) is -0.147. The average Bonchev–Trinajstić information content (AvgIpc) is 3.08. The number of aromatic hydroxyl groups is 1. The molecule has 0 aromatic heterocycles. The van der Waals surface area contributed by atoms with E-state index in [-0.39, 0.29) is 29.3 Å². The summed E-state index contributed by atoms with van der Waals surface area (Å²) in [6.45, 7) is 5.71. The van der Waals surface area contributed by atoms with Crippen LogP contribution >= 0.6 is 0 Å². The van der Waals surface area contributed by atoms with E-state index in [2.05, 4.69) is 20.4 Å². The maximum atomic E-state index is 13.0. The predicted octanol–water partition coefficient (Wildman–Crippen LogP) is 3.78. The van der Waals surface area contributed by atoms with E-state index >= 15 is 0 Å². The van der Waals surface area contributed by atoms with Gasteiger partial charge in [0.25, 0.3) is 0 Å². The van der Waals surface area contributed by atoms with Gasteiger partial charge in [0.1, 0.15) is 5.75 Å². The van der Waals surface area contributed by atoms with Crippen molar-refractivity contribution in [2.24, 2.45) is 10.2 Å². The predicted molar refractivity (Wildman–Crippen MR) is 139 cm³/mol. The molecule has 0 bridgehead atoms. The van der Waals surface area contributed by atoms with Crippen molar-refractivity contribution in [2.75, 3.05) is 16.7 Å². The monoisotopic (exact) mass is 497 g/mol. The number of hydrogen-bond acceptors (Lipinski definition) is 7. The number of phenols is 1. The first-order valence-corrected chi connectivity index (χ1v) is 13.5. The molecule has 35 heavy (non-hydrogen) atoms. The maximum absolute atomic E-state index is 13.0. The molecule has 2 aromatic carbocycles. The van der Waals surface area contributed by atoms with Crippen LogP contribution in [0.4, 0.5) is 11.4 Å². The lowest BCUT2D eigenvalue weighted by molar-refractivity contribution is -0.112. The molecule has 1 aliphatic heterocycles. The number of rotatable bonds is 6. The highest BCUT2D eigenvalue weighted by Crippen LogP contribution is 2.40. The molecular weight excluding hydrogens is 466 g/mol. The molecule has 1 fully saturated rings. The fourth-order valence-corrected chi connectivity index (χ4v) is 5.42. The molecule has 186 valence electrons. The highest BCUT2D eigenvalue weighted by molar-refractivity contribution is 7.88. The smallest absolute Gasteiger partial charge is 0.301 e. The van der Waals surface area contributed by atoms with Crippen molar-refractivity contribution in [3.05, 3.63) is 53.1 Å². The number of aryl methyl sites for hydroxylation is 2. The Labute approximate surface area is 206 Å².